The molecular weight excluding hydrogens is 451 g/mol. The summed E-state index contributed by atoms with van der Waals surface area (Å²) in [5, 5.41) is 3.94. The summed E-state index contributed by atoms with van der Waals surface area (Å²) < 4.78 is 0. The zero-order valence-electron chi connectivity index (χ0n) is 18.3. The number of benzene rings is 2. The summed E-state index contributed by atoms with van der Waals surface area (Å²) in [5.41, 5.74) is 3.14. The number of amides is 2. The molecule has 0 saturated carbocycles. The molecule has 168 valence electrons. The van der Waals surface area contributed by atoms with Gasteiger partial charge in [-0.1, -0.05) is 72.4 Å². The fourth-order valence-corrected chi connectivity index (χ4v) is 4.31. The molecule has 0 spiro atoms. The van der Waals surface area contributed by atoms with Gasteiger partial charge < -0.3 is 10.2 Å². The summed E-state index contributed by atoms with van der Waals surface area (Å²) in [4.78, 5) is 27.4. The molecule has 1 atom stereocenters. The van der Waals surface area contributed by atoms with Gasteiger partial charge in [0.05, 0.1) is 5.75 Å². The van der Waals surface area contributed by atoms with Gasteiger partial charge in [0.25, 0.3) is 0 Å². The van der Waals surface area contributed by atoms with Crippen LogP contribution in [0.5, 0.6) is 0 Å². The number of aryl methyl sites for hydroxylation is 1. The van der Waals surface area contributed by atoms with Crippen molar-refractivity contribution in [3.63, 3.8) is 0 Å². The highest BCUT2D eigenvalue weighted by atomic mass is 35.5. The molecule has 2 aromatic carbocycles. The van der Waals surface area contributed by atoms with Crippen LogP contribution in [0.1, 0.15) is 43.4 Å². The molecule has 2 rings (SSSR count). The van der Waals surface area contributed by atoms with Crippen molar-refractivity contribution in [1.82, 2.24) is 10.2 Å². The maximum atomic E-state index is 13.1. The molecule has 0 unspecified atom stereocenters. The third kappa shape index (κ3) is 8.40. The van der Waals surface area contributed by atoms with E-state index in [0.717, 1.165) is 24.2 Å². The number of halogens is 2. The number of nitrogens with one attached hydrogen (secondary N) is 1. The summed E-state index contributed by atoms with van der Waals surface area (Å²) >= 11 is 13.9. The number of nitrogens with zero attached hydrogens (tertiary/aromatic N) is 1. The van der Waals surface area contributed by atoms with Crippen molar-refractivity contribution in [2.45, 2.75) is 52.0 Å². The van der Waals surface area contributed by atoms with E-state index < -0.39 is 6.04 Å². The largest absolute Gasteiger partial charge is 0.354 e. The Morgan fingerprint density at radius 1 is 1.13 bits per heavy atom. The highest BCUT2D eigenvalue weighted by Crippen LogP contribution is 2.24. The Labute approximate surface area is 199 Å². The molecular formula is C24H30Cl2N2O2S. The Kier molecular flexibility index (Phi) is 10.7. The van der Waals surface area contributed by atoms with Crippen LogP contribution in [0.4, 0.5) is 0 Å². The number of carbonyl (C=O) groups is 2. The predicted octanol–water partition coefficient (Wildman–Crippen LogP) is 5.87. The Morgan fingerprint density at radius 3 is 2.48 bits per heavy atom. The van der Waals surface area contributed by atoms with Crippen LogP contribution in [0.15, 0.2) is 42.5 Å². The summed E-state index contributed by atoms with van der Waals surface area (Å²) in [6.45, 7) is 6.73. The van der Waals surface area contributed by atoms with Crippen molar-refractivity contribution in [3.05, 3.63) is 69.2 Å². The number of rotatable bonds is 11. The number of hydrogen-bond donors (Lipinski definition) is 1. The van der Waals surface area contributed by atoms with Crippen molar-refractivity contribution in [2.75, 3.05) is 12.3 Å². The minimum absolute atomic E-state index is 0.0960. The minimum atomic E-state index is -0.601. The van der Waals surface area contributed by atoms with Crippen molar-refractivity contribution < 1.29 is 9.59 Å². The number of unbranched alkanes of at least 4 members (excludes halogenated alkanes) is 1. The summed E-state index contributed by atoms with van der Waals surface area (Å²) in [5.74, 6) is 0.765. The first kappa shape index (κ1) is 25.6. The van der Waals surface area contributed by atoms with Crippen LogP contribution in [0.25, 0.3) is 0 Å². The lowest BCUT2D eigenvalue weighted by molar-refractivity contribution is -0.138. The lowest BCUT2D eigenvalue weighted by Gasteiger charge is -2.29. The average molecular weight is 481 g/mol. The number of hydrogen-bond acceptors (Lipinski definition) is 3. The fraction of sp³-hybridized carbons (Fsp3) is 0.417. The first-order valence-corrected chi connectivity index (χ1v) is 12.4. The third-order valence-corrected chi connectivity index (χ3v) is 6.54. The number of thioether (sulfide) groups is 1. The topological polar surface area (TPSA) is 49.4 Å². The van der Waals surface area contributed by atoms with Crippen molar-refractivity contribution >= 4 is 46.8 Å². The molecule has 31 heavy (non-hydrogen) atoms. The van der Waals surface area contributed by atoms with E-state index in [1.165, 1.54) is 22.9 Å². The Balaban J connectivity index is 2.08. The van der Waals surface area contributed by atoms with E-state index in [2.05, 4.69) is 36.5 Å². The highest BCUT2D eigenvalue weighted by molar-refractivity contribution is 7.99. The minimum Gasteiger partial charge on any atom is -0.354 e. The third-order valence-electron chi connectivity index (χ3n) is 4.97. The second kappa shape index (κ2) is 13.0. The highest BCUT2D eigenvalue weighted by Gasteiger charge is 2.26. The van der Waals surface area contributed by atoms with Gasteiger partial charge in [0.2, 0.25) is 11.8 Å². The van der Waals surface area contributed by atoms with E-state index in [1.807, 2.05) is 6.92 Å². The molecule has 1 N–H and O–H groups in total. The first-order chi connectivity index (χ1) is 14.8. The van der Waals surface area contributed by atoms with Gasteiger partial charge in [-0.05, 0) is 43.5 Å². The molecule has 0 aliphatic heterocycles. The van der Waals surface area contributed by atoms with E-state index in [-0.39, 0.29) is 24.1 Å². The van der Waals surface area contributed by atoms with Gasteiger partial charge in [0.15, 0.2) is 0 Å². The van der Waals surface area contributed by atoms with Crippen LogP contribution >= 0.6 is 35.0 Å². The molecule has 0 fully saturated rings. The Hall–Kier alpha value is -1.69. The van der Waals surface area contributed by atoms with Gasteiger partial charge in [-0.15, -0.1) is 11.8 Å². The first-order valence-electron chi connectivity index (χ1n) is 10.5. The van der Waals surface area contributed by atoms with E-state index >= 15 is 0 Å². The Bertz CT molecular complexity index is 874. The fourth-order valence-electron chi connectivity index (χ4n) is 2.98. The molecule has 4 nitrogen and oxygen atoms in total. The van der Waals surface area contributed by atoms with Crippen LogP contribution < -0.4 is 5.32 Å². The van der Waals surface area contributed by atoms with E-state index in [9.17, 15) is 9.59 Å². The van der Waals surface area contributed by atoms with Crippen LogP contribution in [0.2, 0.25) is 10.0 Å². The monoisotopic (exact) mass is 480 g/mol. The molecule has 0 radical (unpaired) electrons. The predicted molar refractivity (Wildman–Crippen MR) is 132 cm³/mol. The molecule has 0 aliphatic carbocycles. The molecule has 0 heterocycles. The summed E-state index contributed by atoms with van der Waals surface area (Å²) in [6.07, 6.45) is 1.90. The Morgan fingerprint density at radius 2 is 1.84 bits per heavy atom. The molecule has 0 aromatic heterocycles. The van der Waals surface area contributed by atoms with Gasteiger partial charge in [-0.25, -0.2) is 0 Å². The maximum Gasteiger partial charge on any atom is 0.242 e. The molecule has 2 aromatic rings. The number of carbonyl (C=O) groups excluding carboxylic acids is 2. The second-order valence-corrected chi connectivity index (χ2v) is 9.39. The maximum absolute atomic E-state index is 13.1. The van der Waals surface area contributed by atoms with E-state index in [1.54, 1.807) is 30.0 Å². The zero-order valence-corrected chi connectivity index (χ0v) is 20.6. The average Bonchev–Trinajstić information content (AvgIpc) is 2.74. The van der Waals surface area contributed by atoms with Gasteiger partial charge in [-0.3, -0.25) is 9.59 Å². The van der Waals surface area contributed by atoms with E-state index in [0.29, 0.717) is 16.6 Å². The summed E-state index contributed by atoms with van der Waals surface area (Å²) in [6, 6.07) is 12.9. The van der Waals surface area contributed by atoms with Crippen molar-refractivity contribution in [3.8, 4) is 0 Å². The van der Waals surface area contributed by atoms with Gasteiger partial charge in [0, 0.05) is 28.9 Å². The molecule has 7 heteroatoms. The van der Waals surface area contributed by atoms with Crippen LogP contribution in [-0.4, -0.2) is 35.1 Å². The van der Waals surface area contributed by atoms with Crippen LogP contribution in [-0.2, 0) is 21.9 Å². The van der Waals surface area contributed by atoms with Gasteiger partial charge in [-0.2, -0.15) is 0 Å². The van der Waals surface area contributed by atoms with Crippen molar-refractivity contribution in [1.29, 1.82) is 0 Å². The van der Waals surface area contributed by atoms with Crippen LogP contribution in [0.3, 0.4) is 0 Å². The standard InChI is InChI=1S/C24H30Cl2N2O2S/c1-4-5-12-27-24(30)18(3)28(14-20-10-11-21(25)13-22(20)26)23(29)16-31-15-19-8-6-17(2)7-9-19/h6-11,13,18H,4-5,12,14-16H2,1-3H3,(H,27,30)/t18-/m0/s1. The summed E-state index contributed by atoms with van der Waals surface area (Å²) in [7, 11) is 0. The molecule has 2 amide bonds. The van der Waals surface area contributed by atoms with Crippen molar-refractivity contribution in [2.24, 2.45) is 0 Å². The zero-order chi connectivity index (χ0) is 22.8. The lowest BCUT2D eigenvalue weighted by Crippen LogP contribution is -2.48. The second-order valence-electron chi connectivity index (χ2n) is 7.56. The SMILES string of the molecule is CCCCNC(=O)[C@H](C)N(Cc1ccc(Cl)cc1Cl)C(=O)CSCc1ccc(C)cc1. The molecule has 0 saturated heterocycles. The van der Waals surface area contributed by atoms with Crippen LogP contribution in [0, 0.1) is 6.92 Å². The normalized spacial score (nSPS) is 11.8. The molecule has 0 bridgehead atoms. The quantitative estimate of drug-likeness (QED) is 0.409. The lowest BCUT2D eigenvalue weighted by atomic mass is 10.1. The van der Waals surface area contributed by atoms with Gasteiger partial charge >= 0.3 is 0 Å². The van der Waals surface area contributed by atoms with E-state index in [4.69, 9.17) is 23.2 Å². The van der Waals surface area contributed by atoms with Gasteiger partial charge in [0.1, 0.15) is 6.04 Å². The smallest absolute Gasteiger partial charge is 0.242 e. The molecule has 0 aliphatic rings.